The topological polar surface area (TPSA) is 85.3 Å². The maximum Gasteiger partial charge on any atom is 0.404 e. The summed E-state index contributed by atoms with van der Waals surface area (Å²) in [6.07, 6.45) is -0.445. The number of ether oxygens (including phenoxy) is 2. The third-order valence-corrected chi connectivity index (χ3v) is 3.32. The van der Waals surface area contributed by atoms with Crippen molar-refractivity contribution in [3.8, 4) is 11.8 Å². The highest BCUT2D eigenvalue weighted by Crippen LogP contribution is 2.37. The van der Waals surface area contributed by atoms with Crippen LogP contribution < -0.4 is 10.5 Å². The fraction of sp³-hybridized carbons (Fsp3) is 0.333. The zero-order valence-corrected chi connectivity index (χ0v) is 12.5. The van der Waals surface area contributed by atoms with Gasteiger partial charge in [0.2, 0.25) is 0 Å². The molecule has 0 aliphatic rings. The molecule has 0 aliphatic heterocycles. The highest BCUT2D eigenvalue weighted by Gasteiger charge is 2.16. The lowest BCUT2D eigenvalue weighted by Crippen LogP contribution is -2.15. The van der Waals surface area contributed by atoms with Gasteiger partial charge in [-0.2, -0.15) is 5.26 Å². The number of nitrogens with zero attached hydrogens (tertiary/aromatic N) is 1. The number of halogens is 2. The van der Waals surface area contributed by atoms with Crippen LogP contribution in [0.5, 0.6) is 5.75 Å². The SMILES string of the molecule is CCOc1c(CCOC(N)=O)cc(Cl)c(C#N)c1Br. The zero-order valence-electron chi connectivity index (χ0n) is 10.2. The van der Waals surface area contributed by atoms with Gasteiger partial charge in [-0.05, 0) is 28.9 Å². The molecule has 102 valence electrons. The molecule has 0 aliphatic carbocycles. The van der Waals surface area contributed by atoms with Crippen molar-refractivity contribution < 1.29 is 14.3 Å². The van der Waals surface area contributed by atoms with Crippen LogP contribution in [0.1, 0.15) is 18.1 Å². The zero-order chi connectivity index (χ0) is 14.4. The third kappa shape index (κ3) is 4.01. The van der Waals surface area contributed by atoms with Crippen LogP contribution in [0.2, 0.25) is 5.02 Å². The maximum absolute atomic E-state index is 10.5. The number of primary amides is 1. The minimum atomic E-state index is -0.836. The molecule has 19 heavy (non-hydrogen) atoms. The van der Waals surface area contributed by atoms with E-state index in [4.69, 9.17) is 27.3 Å². The van der Waals surface area contributed by atoms with Gasteiger partial charge in [-0.3, -0.25) is 0 Å². The monoisotopic (exact) mass is 346 g/mol. The lowest BCUT2D eigenvalue weighted by atomic mass is 10.1. The minimum absolute atomic E-state index is 0.115. The lowest BCUT2D eigenvalue weighted by molar-refractivity contribution is 0.157. The molecule has 0 unspecified atom stereocenters. The van der Waals surface area contributed by atoms with Crippen LogP contribution in [0.15, 0.2) is 10.5 Å². The molecule has 5 nitrogen and oxygen atoms in total. The molecule has 0 saturated carbocycles. The van der Waals surface area contributed by atoms with Gasteiger partial charge >= 0.3 is 6.09 Å². The quantitative estimate of drug-likeness (QED) is 0.887. The first kappa shape index (κ1) is 15.6. The van der Waals surface area contributed by atoms with Gasteiger partial charge in [0.25, 0.3) is 0 Å². The fourth-order valence-corrected chi connectivity index (χ4v) is 2.55. The van der Waals surface area contributed by atoms with E-state index in [9.17, 15) is 4.79 Å². The van der Waals surface area contributed by atoms with E-state index in [1.807, 2.05) is 13.0 Å². The standard InChI is InChI=1S/C12H12BrClN2O3/c1-2-18-11-7(3-4-19-12(16)17)5-9(14)8(6-15)10(11)13/h5H,2-4H2,1H3,(H2,16,17). The van der Waals surface area contributed by atoms with Crippen LogP contribution in [-0.4, -0.2) is 19.3 Å². The number of carbonyl (C=O) groups is 1. The van der Waals surface area contributed by atoms with E-state index >= 15 is 0 Å². The van der Waals surface area contributed by atoms with Gasteiger partial charge in [-0.1, -0.05) is 11.6 Å². The second kappa shape index (κ2) is 7.22. The van der Waals surface area contributed by atoms with Crippen molar-refractivity contribution in [1.29, 1.82) is 5.26 Å². The molecule has 1 rings (SSSR count). The van der Waals surface area contributed by atoms with Gasteiger partial charge < -0.3 is 15.2 Å². The van der Waals surface area contributed by atoms with Crippen molar-refractivity contribution in [2.24, 2.45) is 5.73 Å². The second-order valence-corrected chi connectivity index (χ2v) is 4.70. The Balaban J connectivity index is 3.08. The molecule has 0 radical (unpaired) electrons. The maximum atomic E-state index is 10.5. The molecule has 2 N–H and O–H groups in total. The van der Waals surface area contributed by atoms with Crippen LogP contribution >= 0.6 is 27.5 Å². The highest BCUT2D eigenvalue weighted by atomic mass is 79.9. The summed E-state index contributed by atoms with van der Waals surface area (Å²) in [5.74, 6) is 0.525. The number of benzene rings is 1. The molecule has 0 saturated heterocycles. The van der Waals surface area contributed by atoms with Gasteiger partial charge in [0, 0.05) is 12.0 Å². The van der Waals surface area contributed by atoms with E-state index < -0.39 is 6.09 Å². The van der Waals surface area contributed by atoms with Gasteiger partial charge in [0.1, 0.15) is 11.8 Å². The average Bonchev–Trinajstić information content (AvgIpc) is 2.34. The predicted molar refractivity (Wildman–Crippen MR) is 74.3 cm³/mol. The summed E-state index contributed by atoms with van der Waals surface area (Å²) in [6.45, 7) is 2.38. The molecule has 0 aromatic heterocycles. The summed E-state index contributed by atoms with van der Waals surface area (Å²) in [5, 5.41) is 9.34. The average molecular weight is 348 g/mol. The van der Waals surface area contributed by atoms with Crippen LogP contribution in [0.3, 0.4) is 0 Å². The number of amides is 1. The first-order valence-corrected chi connectivity index (χ1v) is 6.64. The first-order chi connectivity index (χ1) is 9.01. The van der Waals surface area contributed by atoms with Crippen molar-refractivity contribution in [2.45, 2.75) is 13.3 Å². The molecular weight excluding hydrogens is 335 g/mol. The van der Waals surface area contributed by atoms with E-state index in [0.29, 0.717) is 33.8 Å². The summed E-state index contributed by atoms with van der Waals surface area (Å²) in [4.78, 5) is 10.5. The number of hydrogen-bond acceptors (Lipinski definition) is 4. The molecule has 0 fully saturated rings. The normalized spacial score (nSPS) is 9.79. The summed E-state index contributed by atoms with van der Waals surface area (Å²) >= 11 is 9.31. The van der Waals surface area contributed by atoms with E-state index in [2.05, 4.69) is 20.7 Å². The Morgan fingerprint density at radius 1 is 1.63 bits per heavy atom. The molecule has 0 heterocycles. The summed E-state index contributed by atoms with van der Waals surface area (Å²) in [6, 6.07) is 3.62. The highest BCUT2D eigenvalue weighted by molar-refractivity contribution is 9.10. The lowest BCUT2D eigenvalue weighted by Gasteiger charge is -2.14. The molecule has 0 bridgehead atoms. The first-order valence-electron chi connectivity index (χ1n) is 5.47. The summed E-state index contributed by atoms with van der Waals surface area (Å²) in [5.41, 5.74) is 5.93. The van der Waals surface area contributed by atoms with Crippen LogP contribution in [-0.2, 0) is 11.2 Å². The van der Waals surface area contributed by atoms with E-state index in [1.54, 1.807) is 6.07 Å². The Bertz CT molecular complexity index is 529. The van der Waals surface area contributed by atoms with Gasteiger partial charge in [-0.25, -0.2) is 4.79 Å². The Morgan fingerprint density at radius 3 is 2.84 bits per heavy atom. The largest absolute Gasteiger partial charge is 0.492 e. The summed E-state index contributed by atoms with van der Waals surface area (Å²) < 4.78 is 10.7. The fourth-order valence-electron chi connectivity index (χ4n) is 1.50. The van der Waals surface area contributed by atoms with Gasteiger partial charge in [0.15, 0.2) is 0 Å². The molecule has 1 aromatic rings. The van der Waals surface area contributed by atoms with Crippen molar-refractivity contribution in [3.05, 3.63) is 26.7 Å². The molecule has 1 aromatic carbocycles. The Kier molecular flexibility index (Phi) is 5.93. The van der Waals surface area contributed by atoms with Crippen LogP contribution in [0.4, 0.5) is 4.79 Å². The number of carbonyl (C=O) groups excluding carboxylic acids is 1. The van der Waals surface area contributed by atoms with Crippen molar-refractivity contribution in [2.75, 3.05) is 13.2 Å². The van der Waals surface area contributed by atoms with Crippen molar-refractivity contribution >= 4 is 33.6 Å². The number of hydrogen-bond donors (Lipinski definition) is 1. The third-order valence-electron chi connectivity index (χ3n) is 2.27. The van der Waals surface area contributed by atoms with Crippen molar-refractivity contribution in [1.82, 2.24) is 0 Å². The Labute approximate surface area is 124 Å². The minimum Gasteiger partial charge on any atom is -0.492 e. The van der Waals surface area contributed by atoms with Crippen LogP contribution in [0, 0.1) is 11.3 Å². The molecule has 0 spiro atoms. The molecular formula is C12H12BrClN2O3. The number of rotatable bonds is 5. The Morgan fingerprint density at radius 2 is 2.32 bits per heavy atom. The van der Waals surface area contributed by atoms with E-state index in [-0.39, 0.29) is 6.61 Å². The van der Waals surface area contributed by atoms with E-state index in [0.717, 1.165) is 5.56 Å². The summed E-state index contributed by atoms with van der Waals surface area (Å²) in [7, 11) is 0. The second-order valence-electron chi connectivity index (χ2n) is 3.50. The molecule has 0 atom stereocenters. The number of nitriles is 1. The van der Waals surface area contributed by atoms with E-state index in [1.165, 1.54) is 0 Å². The van der Waals surface area contributed by atoms with Gasteiger partial charge in [0.05, 0.1) is 28.3 Å². The molecule has 7 heteroatoms. The van der Waals surface area contributed by atoms with Crippen molar-refractivity contribution in [3.63, 3.8) is 0 Å². The molecule has 1 amide bonds. The van der Waals surface area contributed by atoms with Gasteiger partial charge in [-0.15, -0.1) is 0 Å². The predicted octanol–water partition coefficient (Wildman–Crippen LogP) is 3.01. The smallest absolute Gasteiger partial charge is 0.404 e. The number of nitrogens with two attached hydrogens (primary N) is 1. The Hall–Kier alpha value is -1.45. The van der Waals surface area contributed by atoms with Crippen LogP contribution in [0.25, 0.3) is 0 Å².